The first-order valence-electron chi connectivity index (χ1n) is 10.6. The van der Waals surface area contributed by atoms with Crippen molar-refractivity contribution in [2.24, 2.45) is 11.8 Å². The first kappa shape index (κ1) is 23.1. The van der Waals surface area contributed by atoms with Crippen molar-refractivity contribution in [3.05, 3.63) is 35.6 Å². The van der Waals surface area contributed by atoms with Crippen LogP contribution in [0.25, 0.3) is 0 Å². The Morgan fingerprint density at radius 2 is 1.96 bits per heavy atom. The predicted molar refractivity (Wildman–Crippen MR) is 108 cm³/mol. The van der Waals surface area contributed by atoms with Crippen molar-refractivity contribution in [3.63, 3.8) is 0 Å². The third kappa shape index (κ3) is 6.70. The zero-order valence-corrected chi connectivity index (χ0v) is 17.6. The smallest absolute Gasteiger partial charge is 0.196 e. The zero-order valence-electron chi connectivity index (χ0n) is 17.6. The highest BCUT2D eigenvalue weighted by atomic mass is 19.2. The zero-order chi connectivity index (χ0) is 20.5. The molecule has 0 aromatic heterocycles. The van der Waals surface area contributed by atoms with Gasteiger partial charge in [-0.25, -0.2) is 8.78 Å². The van der Waals surface area contributed by atoms with Crippen molar-refractivity contribution in [1.29, 1.82) is 0 Å². The molecule has 0 radical (unpaired) electrons. The molecule has 0 amide bonds. The summed E-state index contributed by atoms with van der Waals surface area (Å²) in [6.07, 6.45) is 9.16. The number of halogens is 2. The van der Waals surface area contributed by atoms with Crippen LogP contribution >= 0.6 is 0 Å². The molecule has 0 bridgehead atoms. The fourth-order valence-electron chi connectivity index (χ4n) is 3.97. The molecule has 1 saturated heterocycles. The van der Waals surface area contributed by atoms with E-state index in [1.54, 1.807) is 0 Å². The highest BCUT2D eigenvalue weighted by molar-refractivity contribution is 5.33. The van der Waals surface area contributed by atoms with Gasteiger partial charge in [-0.2, -0.15) is 0 Å². The summed E-state index contributed by atoms with van der Waals surface area (Å²) in [6, 6.07) is 0. The van der Waals surface area contributed by atoms with E-state index in [4.69, 9.17) is 14.2 Å². The number of hydrogen-bond acceptors (Lipinski definition) is 3. The van der Waals surface area contributed by atoms with Gasteiger partial charge in [0.05, 0.1) is 25.9 Å². The quantitative estimate of drug-likeness (QED) is 0.376. The summed E-state index contributed by atoms with van der Waals surface area (Å²) in [4.78, 5) is 0. The van der Waals surface area contributed by atoms with E-state index < -0.39 is 11.7 Å². The average molecular weight is 399 g/mol. The molecule has 160 valence electrons. The van der Waals surface area contributed by atoms with Crippen LogP contribution in [0.1, 0.15) is 65.2 Å². The molecule has 4 unspecified atom stereocenters. The lowest BCUT2D eigenvalue weighted by atomic mass is 9.88. The van der Waals surface area contributed by atoms with E-state index in [1.165, 1.54) is 13.5 Å². The van der Waals surface area contributed by atoms with E-state index in [-0.39, 0.29) is 23.9 Å². The summed E-state index contributed by atoms with van der Waals surface area (Å²) in [5, 5.41) is 0. The molecule has 2 aliphatic rings. The predicted octanol–water partition coefficient (Wildman–Crippen LogP) is 6.41. The summed E-state index contributed by atoms with van der Waals surface area (Å²) in [7, 11) is 1.38. The maximum Gasteiger partial charge on any atom is 0.196 e. The van der Waals surface area contributed by atoms with Crippen LogP contribution in [0.2, 0.25) is 0 Å². The van der Waals surface area contributed by atoms with Crippen LogP contribution in [0.4, 0.5) is 8.78 Å². The van der Waals surface area contributed by atoms with Crippen molar-refractivity contribution in [2.45, 2.75) is 77.4 Å². The largest absolute Gasteiger partial charge is 0.498 e. The summed E-state index contributed by atoms with van der Waals surface area (Å²) >= 11 is 0. The molecular weight excluding hydrogens is 362 g/mol. The monoisotopic (exact) mass is 398 g/mol. The van der Waals surface area contributed by atoms with Gasteiger partial charge in [0.2, 0.25) is 0 Å². The number of methoxy groups -OCH3 is 1. The molecule has 0 N–H and O–H groups in total. The Kier molecular flexibility index (Phi) is 9.66. The van der Waals surface area contributed by atoms with Crippen LogP contribution in [0.15, 0.2) is 35.6 Å². The highest BCUT2D eigenvalue weighted by Crippen LogP contribution is 2.37. The van der Waals surface area contributed by atoms with E-state index in [9.17, 15) is 8.78 Å². The molecule has 1 fully saturated rings. The number of rotatable bonds is 11. The third-order valence-electron chi connectivity index (χ3n) is 6.00. The van der Waals surface area contributed by atoms with Gasteiger partial charge in [0, 0.05) is 13.0 Å². The minimum Gasteiger partial charge on any atom is -0.498 e. The van der Waals surface area contributed by atoms with Gasteiger partial charge in [-0.1, -0.05) is 13.0 Å². The van der Waals surface area contributed by atoms with E-state index >= 15 is 0 Å². The van der Waals surface area contributed by atoms with Crippen molar-refractivity contribution >= 4 is 0 Å². The van der Waals surface area contributed by atoms with Crippen molar-refractivity contribution in [3.8, 4) is 0 Å². The maximum atomic E-state index is 14.3. The lowest BCUT2D eigenvalue weighted by molar-refractivity contribution is -0.0778. The molecule has 1 aliphatic heterocycles. The third-order valence-corrected chi connectivity index (χ3v) is 6.00. The summed E-state index contributed by atoms with van der Waals surface area (Å²) < 4.78 is 45.0. The lowest BCUT2D eigenvalue weighted by Crippen LogP contribution is -2.30. The van der Waals surface area contributed by atoms with E-state index in [1.807, 2.05) is 19.9 Å². The molecular formula is C23H36F2O3. The molecule has 0 spiro atoms. The molecule has 28 heavy (non-hydrogen) atoms. The molecule has 5 heteroatoms. The van der Waals surface area contributed by atoms with Gasteiger partial charge in [0.1, 0.15) is 5.76 Å². The number of ether oxygens (including phenoxy) is 3. The second-order valence-corrected chi connectivity index (χ2v) is 8.17. The van der Waals surface area contributed by atoms with Crippen LogP contribution in [-0.4, -0.2) is 32.5 Å². The Morgan fingerprint density at radius 1 is 1.18 bits per heavy atom. The lowest BCUT2D eigenvalue weighted by Gasteiger charge is -2.29. The highest BCUT2D eigenvalue weighted by Gasteiger charge is 2.27. The fraction of sp³-hybridized carbons (Fsp3) is 0.739. The van der Waals surface area contributed by atoms with Gasteiger partial charge < -0.3 is 14.2 Å². The van der Waals surface area contributed by atoms with Crippen molar-refractivity contribution in [2.75, 3.05) is 20.3 Å². The molecule has 2 rings (SSSR count). The summed E-state index contributed by atoms with van der Waals surface area (Å²) in [6.45, 7) is 9.19. The Balaban J connectivity index is 1.69. The topological polar surface area (TPSA) is 27.7 Å². The van der Waals surface area contributed by atoms with Crippen LogP contribution < -0.4 is 0 Å². The van der Waals surface area contributed by atoms with Gasteiger partial charge in [-0.3, -0.25) is 0 Å². The Labute approximate surface area is 168 Å². The molecule has 1 heterocycles. The van der Waals surface area contributed by atoms with Gasteiger partial charge in [-0.05, 0) is 69.3 Å². The molecule has 0 aromatic carbocycles. The van der Waals surface area contributed by atoms with Crippen LogP contribution in [0.3, 0.4) is 0 Å². The normalized spacial score (nSPS) is 25.6. The molecule has 1 aliphatic carbocycles. The molecule has 0 aromatic rings. The Morgan fingerprint density at radius 3 is 2.61 bits per heavy atom. The van der Waals surface area contributed by atoms with Gasteiger partial charge in [-0.15, -0.1) is 6.58 Å². The number of allylic oxidation sites excluding steroid dienone is 5. The van der Waals surface area contributed by atoms with Crippen molar-refractivity contribution in [1.82, 2.24) is 0 Å². The summed E-state index contributed by atoms with van der Waals surface area (Å²) in [5.74, 6) is -0.818. The second-order valence-electron chi connectivity index (χ2n) is 8.17. The van der Waals surface area contributed by atoms with Gasteiger partial charge >= 0.3 is 0 Å². The van der Waals surface area contributed by atoms with Gasteiger partial charge in [0.15, 0.2) is 11.7 Å². The maximum absolute atomic E-state index is 14.3. The van der Waals surface area contributed by atoms with Crippen LogP contribution in [0.5, 0.6) is 0 Å². The molecule has 0 saturated carbocycles. The van der Waals surface area contributed by atoms with Gasteiger partial charge in [0.25, 0.3) is 0 Å². The minimum atomic E-state index is -0.833. The van der Waals surface area contributed by atoms with E-state index in [0.29, 0.717) is 30.9 Å². The Hall–Kier alpha value is -1.20. The fourth-order valence-corrected chi connectivity index (χ4v) is 3.97. The number of hydrogen-bond donors (Lipinski definition) is 0. The first-order valence-corrected chi connectivity index (χ1v) is 10.6. The molecule has 3 nitrogen and oxygen atoms in total. The minimum absolute atomic E-state index is 0.00763. The van der Waals surface area contributed by atoms with Crippen LogP contribution in [-0.2, 0) is 14.2 Å². The second kappa shape index (κ2) is 11.7. The van der Waals surface area contributed by atoms with Crippen LogP contribution in [0, 0.1) is 11.8 Å². The summed E-state index contributed by atoms with van der Waals surface area (Å²) in [5.41, 5.74) is 0.562. The molecule has 4 atom stereocenters. The average Bonchev–Trinajstić information content (AvgIpc) is 2.71. The van der Waals surface area contributed by atoms with E-state index in [0.717, 1.165) is 38.7 Å². The van der Waals surface area contributed by atoms with E-state index in [2.05, 4.69) is 6.58 Å². The first-order chi connectivity index (χ1) is 13.5. The standard InChI is InChI=1S/C23H36F2O3/c1-5-6-7-18-10-11-19(28-14-18)15-27-17(3)9-8-16(2)20-12-13-21(26-4)23(25)22(20)24/h5,16-19H,1,6-15H2,2-4H3. The van der Waals surface area contributed by atoms with Crippen molar-refractivity contribution < 1.29 is 23.0 Å². The SMILES string of the molecule is C=CCCC1CCC(COC(C)CCC(C)C2=C(F)C(F)=C(OC)CC2)OC1. The Bertz CT molecular complexity index is 562.